The molecular formula is C12H13IN2O2. The van der Waals surface area contributed by atoms with Gasteiger partial charge in [-0.1, -0.05) is 6.92 Å². The summed E-state index contributed by atoms with van der Waals surface area (Å²) in [6, 6.07) is 4.97. The van der Waals surface area contributed by atoms with Crippen molar-refractivity contribution in [1.82, 2.24) is 0 Å². The maximum absolute atomic E-state index is 10.6. The average Bonchev–Trinajstić information content (AvgIpc) is 2.30. The Balaban J connectivity index is 2.85. The van der Waals surface area contributed by atoms with Crippen molar-refractivity contribution in [2.24, 2.45) is 0 Å². The first-order chi connectivity index (χ1) is 8.08. The van der Waals surface area contributed by atoms with E-state index in [9.17, 15) is 10.1 Å². The smallest absolute Gasteiger partial charge is 0.270 e. The zero-order valence-electron chi connectivity index (χ0n) is 9.44. The number of hydrogen-bond acceptors (Lipinski definition) is 3. The van der Waals surface area contributed by atoms with Gasteiger partial charge >= 0.3 is 0 Å². The summed E-state index contributed by atoms with van der Waals surface area (Å²) < 4.78 is 0.826. The molecule has 1 atom stereocenters. The van der Waals surface area contributed by atoms with E-state index in [0.717, 1.165) is 15.7 Å². The van der Waals surface area contributed by atoms with E-state index < -0.39 is 4.92 Å². The third-order valence-electron chi connectivity index (χ3n) is 2.38. The van der Waals surface area contributed by atoms with E-state index >= 15 is 0 Å². The van der Waals surface area contributed by atoms with Crippen LogP contribution in [-0.2, 0) is 0 Å². The molecule has 17 heavy (non-hydrogen) atoms. The van der Waals surface area contributed by atoms with Crippen molar-refractivity contribution in [1.29, 1.82) is 0 Å². The van der Waals surface area contributed by atoms with Gasteiger partial charge in [0.25, 0.3) is 5.69 Å². The summed E-state index contributed by atoms with van der Waals surface area (Å²) in [7, 11) is 0. The Hall–Kier alpha value is -1.29. The van der Waals surface area contributed by atoms with Crippen LogP contribution in [0, 0.1) is 26.0 Å². The molecule has 5 heteroatoms. The molecule has 0 bridgehead atoms. The molecule has 1 aromatic carbocycles. The van der Waals surface area contributed by atoms with Gasteiger partial charge in [0.05, 0.1) is 4.92 Å². The molecule has 1 unspecified atom stereocenters. The molecule has 0 heterocycles. The number of halogens is 1. The van der Waals surface area contributed by atoms with E-state index in [-0.39, 0.29) is 11.7 Å². The first kappa shape index (κ1) is 13.8. The summed E-state index contributed by atoms with van der Waals surface area (Å²) in [6.45, 7) is 2.05. The van der Waals surface area contributed by atoms with Gasteiger partial charge in [0.2, 0.25) is 0 Å². The Labute approximate surface area is 114 Å². The highest BCUT2D eigenvalue weighted by atomic mass is 127. The molecule has 0 aromatic heterocycles. The number of hydrogen-bond donors (Lipinski definition) is 1. The largest absolute Gasteiger partial charge is 0.381 e. The van der Waals surface area contributed by atoms with Gasteiger partial charge in [-0.15, -0.1) is 12.3 Å². The highest BCUT2D eigenvalue weighted by molar-refractivity contribution is 14.1. The van der Waals surface area contributed by atoms with Gasteiger partial charge in [0.1, 0.15) is 0 Å². The van der Waals surface area contributed by atoms with Gasteiger partial charge in [-0.05, 0) is 35.1 Å². The van der Waals surface area contributed by atoms with Crippen molar-refractivity contribution < 1.29 is 4.92 Å². The number of nitro groups is 1. The van der Waals surface area contributed by atoms with Crippen LogP contribution in [-0.4, -0.2) is 11.0 Å². The summed E-state index contributed by atoms with van der Waals surface area (Å²) in [4.78, 5) is 10.2. The fourth-order valence-electron chi connectivity index (χ4n) is 1.39. The second kappa shape index (κ2) is 6.45. The lowest BCUT2D eigenvalue weighted by molar-refractivity contribution is -0.384. The van der Waals surface area contributed by atoms with E-state index in [1.807, 2.05) is 6.92 Å². The standard InChI is InChI=1S/C12H13IN2O2/c1-3-5-9(4-2)14-12-7-6-10(15(16)17)8-11(12)13/h1,6-9,14H,4-5H2,2H3. The summed E-state index contributed by atoms with van der Waals surface area (Å²) in [5.41, 5.74) is 0.989. The van der Waals surface area contributed by atoms with E-state index in [0.29, 0.717) is 6.42 Å². The van der Waals surface area contributed by atoms with Crippen LogP contribution < -0.4 is 5.32 Å². The minimum Gasteiger partial charge on any atom is -0.381 e. The van der Waals surface area contributed by atoms with Crippen LogP contribution in [0.3, 0.4) is 0 Å². The van der Waals surface area contributed by atoms with Gasteiger partial charge in [-0.25, -0.2) is 0 Å². The van der Waals surface area contributed by atoms with Crippen molar-refractivity contribution in [3.8, 4) is 12.3 Å². The number of benzene rings is 1. The van der Waals surface area contributed by atoms with Crippen molar-refractivity contribution in [2.75, 3.05) is 5.32 Å². The minimum absolute atomic E-state index is 0.102. The topological polar surface area (TPSA) is 55.2 Å². The minimum atomic E-state index is -0.398. The van der Waals surface area contributed by atoms with Crippen LogP contribution in [0.15, 0.2) is 18.2 Å². The fourth-order valence-corrected chi connectivity index (χ4v) is 2.05. The van der Waals surface area contributed by atoms with Gasteiger partial charge < -0.3 is 5.32 Å². The molecule has 0 aliphatic carbocycles. The SMILES string of the molecule is C#CCC(CC)Nc1ccc([N+](=O)[O-])cc1I. The first-order valence-electron chi connectivity index (χ1n) is 5.22. The van der Waals surface area contributed by atoms with Gasteiger partial charge in [0, 0.05) is 33.9 Å². The zero-order valence-corrected chi connectivity index (χ0v) is 11.6. The predicted molar refractivity (Wildman–Crippen MR) is 77.0 cm³/mol. The van der Waals surface area contributed by atoms with E-state index in [1.54, 1.807) is 12.1 Å². The van der Waals surface area contributed by atoms with Crippen LogP contribution in [0.25, 0.3) is 0 Å². The molecule has 1 rings (SSSR count). The third-order valence-corrected chi connectivity index (χ3v) is 3.27. The van der Waals surface area contributed by atoms with Crippen LogP contribution in [0.1, 0.15) is 19.8 Å². The number of nitrogens with one attached hydrogen (secondary N) is 1. The van der Waals surface area contributed by atoms with Gasteiger partial charge in [-0.3, -0.25) is 10.1 Å². The zero-order chi connectivity index (χ0) is 12.8. The van der Waals surface area contributed by atoms with Crippen molar-refractivity contribution in [3.05, 3.63) is 31.9 Å². The Bertz CT molecular complexity index is 454. The Morgan fingerprint density at radius 1 is 1.65 bits per heavy atom. The lowest BCUT2D eigenvalue weighted by atomic mass is 10.1. The molecule has 0 saturated carbocycles. The predicted octanol–water partition coefficient (Wildman–Crippen LogP) is 3.41. The molecule has 4 nitrogen and oxygen atoms in total. The molecule has 0 saturated heterocycles. The lowest BCUT2D eigenvalue weighted by Crippen LogP contribution is -2.18. The van der Waals surface area contributed by atoms with E-state index in [2.05, 4.69) is 33.8 Å². The van der Waals surface area contributed by atoms with Crippen LogP contribution in [0.5, 0.6) is 0 Å². The van der Waals surface area contributed by atoms with Crippen molar-refractivity contribution >= 4 is 34.0 Å². The Morgan fingerprint density at radius 3 is 2.82 bits per heavy atom. The number of non-ortho nitro benzene ring substituents is 1. The van der Waals surface area contributed by atoms with Crippen LogP contribution >= 0.6 is 22.6 Å². The number of anilines is 1. The Morgan fingerprint density at radius 2 is 2.35 bits per heavy atom. The molecule has 0 fully saturated rings. The number of nitrogens with zero attached hydrogens (tertiary/aromatic N) is 1. The van der Waals surface area contributed by atoms with Gasteiger partial charge in [-0.2, -0.15) is 0 Å². The summed E-state index contributed by atoms with van der Waals surface area (Å²) in [6.07, 6.45) is 6.84. The van der Waals surface area contributed by atoms with E-state index in [4.69, 9.17) is 6.42 Å². The van der Waals surface area contributed by atoms with E-state index in [1.165, 1.54) is 6.07 Å². The molecule has 0 spiro atoms. The monoisotopic (exact) mass is 344 g/mol. The molecule has 0 aliphatic heterocycles. The second-order valence-electron chi connectivity index (χ2n) is 3.58. The second-order valence-corrected chi connectivity index (χ2v) is 4.74. The number of terminal acetylenes is 1. The summed E-state index contributed by atoms with van der Waals surface area (Å²) in [5.74, 6) is 2.61. The quantitative estimate of drug-likeness (QED) is 0.385. The molecule has 1 aromatic rings. The molecule has 90 valence electrons. The maximum atomic E-state index is 10.6. The average molecular weight is 344 g/mol. The fraction of sp³-hybridized carbons (Fsp3) is 0.333. The normalized spacial score (nSPS) is 11.6. The molecule has 1 N–H and O–H groups in total. The maximum Gasteiger partial charge on any atom is 0.270 e. The van der Waals surface area contributed by atoms with Gasteiger partial charge in [0.15, 0.2) is 0 Å². The lowest BCUT2D eigenvalue weighted by Gasteiger charge is -2.16. The molecule has 0 amide bonds. The van der Waals surface area contributed by atoms with Crippen LogP contribution in [0.4, 0.5) is 11.4 Å². The molecule has 0 radical (unpaired) electrons. The van der Waals surface area contributed by atoms with Crippen LogP contribution in [0.2, 0.25) is 0 Å². The Kier molecular flexibility index (Phi) is 5.22. The third kappa shape index (κ3) is 3.89. The number of rotatable bonds is 5. The number of nitro benzene ring substituents is 1. The summed E-state index contributed by atoms with van der Waals surface area (Å²) >= 11 is 2.08. The first-order valence-corrected chi connectivity index (χ1v) is 6.30. The van der Waals surface area contributed by atoms with Crippen molar-refractivity contribution in [3.63, 3.8) is 0 Å². The molecule has 0 aliphatic rings. The summed E-state index contributed by atoms with van der Waals surface area (Å²) in [5, 5.41) is 13.9. The highest BCUT2D eigenvalue weighted by Gasteiger charge is 2.11. The molecular weight excluding hydrogens is 331 g/mol. The van der Waals surface area contributed by atoms with Crippen molar-refractivity contribution in [2.45, 2.75) is 25.8 Å². The highest BCUT2D eigenvalue weighted by Crippen LogP contribution is 2.24.